The second-order valence-electron chi connectivity index (χ2n) is 0.399. The molecule has 0 aliphatic carbocycles. The molecule has 0 atom stereocenters. The molecule has 0 unspecified atom stereocenters. The average molecular weight is 110 g/mol. The van der Waals surface area contributed by atoms with Gasteiger partial charge in [-0.05, 0) is 0 Å². The highest BCUT2D eigenvalue weighted by atomic mass is 19.3. The fourth-order valence-corrected chi connectivity index (χ4v) is 0. The second-order valence-corrected chi connectivity index (χ2v) is 0.399. The summed E-state index contributed by atoms with van der Waals surface area (Å²) < 4.78 is 30.7. The van der Waals surface area contributed by atoms with Gasteiger partial charge in [0.25, 0.3) is 6.08 Å². The fraction of sp³-hybridized carbons (Fsp3) is 0. The van der Waals surface area contributed by atoms with Crippen LogP contribution in [0.5, 0.6) is 0 Å². The molecule has 0 N–H and O–H groups in total. The Morgan fingerprint density at radius 3 is 1.43 bits per heavy atom. The smallest absolute Gasteiger partial charge is 0.210 e. The van der Waals surface area contributed by atoms with Gasteiger partial charge < -0.3 is 0 Å². The van der Waals surface area contributed by atoms with E-state index in [1.165, 1.54) is 0 Å². The van der Waals surface area contributed by atoms with Crippen molar-refractivity contribution in [1.82, 2.24) is 0 Å². The van der Waals surface area contributed by atoms with Crippen molar-refractivity contribution in [2.75, 3.05) is 0 Å². The Morgan fingerprint density at radius 1 is 1.29 bits per heavy atom. The Balaban J connectivity index is 0. The van der Waals surface area contributed by atoms with Crippen molar-refractivity contribution in [3.05, 3.63) is 25.6 Å². The highest BCUT2D eigenvalue weighted by molar-refractivity contribution is 4.66. The molecule has 0 aliphatic heterocycles. The van der Waals surface area contributed by atoms with Crippen LogP contribution in [0.4, 0.5) is 13.2 Å². The highest BCUT2D eigenvalue weighted by Gasteiger charge is 1.78. The minimum absolute atomic E-state index is 0.750. The number of hydrogen-bond donors (Lipinski definition) is 0. The summed E-state index contributed by atoms with van der Waals surface area (Å²) in [6.07, 6.45) is -3.04. The molecule has 0 rings (SSSR count). The standard InChI is InChI=1S/C2HF3.C2H4/c3-1-2(4)5;1-2/h1H;1-2H2. The third-order valence-corrected chi connectivity index (χ3v) is 0.0825. The van der Waals surface area contributed by atoms with E-state index in [4.69, 9.17) is 0 Å². The van der Waals surface area contributed by atoms with Crippen molar-refractivity contribution in [3.8, 4) is 0 Å². The van der Waals surface area contributed by atoms with Crippen LogP contribution < -0.4 is 0 Å². The van der Waals surface area contributed by atoms with Crippen LogP contribution in [-0.4, -0.2) is 0 Å². The van der Waals surface area contributed by atoms with Crippen LogP contribution in [0.1, 0.15) is 0 Å². The summed E-state index contributed by atoms with van der Waals surface area (Å²) in [5.41, 5.74) is 0. The summed E-state index contributed by atoms with van der Waals surface area (Å²) >= 11 is 0. The van der Waals surface area contributed by atoms with Gasteiger partial charge in [0.15, 0.2) is 6.33 Å². The molecule has 0 fully saturated rings. The Morgan fingerprint density at radius 2 is 1.43 bits per heavy atom. The molecule has 0 heterocycles. The summed E-state index contributed by atoms with van der Waals surface area (Å²) in [4.78, 5) is 0. The summed E-state index contributed by atoms with van der Waals surface area (Å²) in [5.74, 6) is 0. The number of rotatable bonds is 0. The lowest BCUT2D eigenvalue weighted by Crippen LogP contribution is -1.42. The molecule has 0 aromatic rings. The molecule has 0 aromatic heterocycles. The molecule has 7 heavy (non-hydrogen) atoms. The van der Waals surface area contributed by atoms with Gasteiger partial charge in [0, 0.05) is 0 Å². The van der Waals surface area contributed by atoms with Gasteiger partial charge in [0.1, 0.15) is 0 Å². The van der Waals surface area contributed by atoms with Crippen LogP contribution in [0.25, 0.3) is 0 Å². The van der Waals surface area contributed by atoms with Crippen molar-refractivity contribution in [3.63, 3.8) is 0 Å². The van der Waals surface area contributed by atoms with Crippen molar-refractivity contribution in [1.29, 1.82) is 0 Å². The second kappa shape index (κ2) is 8.99. The van der Waals surface area contributed by atoms with Crippen LogP contribution in [0.2, 0.25) is 0 Å². The molecule has 0 aliphatic rings. The van der Waals surface area contributed by atoms with Gasteiger partial charge >= 0.3 is 0 Å². The maximum atomic E-state index is 10.2. The minimum atomic E-state index is -2.29. The quantitative estimate of drug-likeness (QED) is 0.420. The van der Waals surface area contributed by atoms with Crippen molar-refractivity contribution in [2.45, 2.75) is 0 Å². The van der Waals surface area contributed by atoms with E-state index in [1.54, 1.807) is 0 Å². The topological polar surface area (TPSA) is 0 Å². The van der Waals surface area contributed by atoms with Crippen LogP contribution in [0.15, 0.2) is 25.6 Å². The van der Waals surface area contributed by atoms with Gasteiger partial charge in [0.2, 0.25) is 0 Å². The van der Waals surface area contributed by atoms with E-state index in [1.807, 2.05) is 0 Å². The van der Waals surface area contributed by atoms with Crippen LogP contribution in [0, 0.1) is 0 Å². The van der Waals surface area contributed by atoms with Crippen LogP contribution in [0.3, 0.4) is 0 Å². The summed E-state index contributed by atoms with van der Waals surface area (Å²) in [6, 6.07) is 0. The first-order chi connectivity index (χ1) is 3.27. The molecular formula is C4H5F3. The third-order valence-electron chi connectivity index (χ3n) is 0.0825. The Labute approximate surface area is 40.0 Å². The zero-order valence-electron chi connectivity index (χ0n) is 3.63. The molecule has 0 amide bonds. The van der Waals surface area contributed by atoms with Crippen LogP contribution >= 0.6 is 0 Å². The Hall–Kier alpha value is -0.730. The highest BCUT2D eigenvalue weighted by Crippen LogP contribution is 1.93. The van der Waals surface area contributed by atoms with Crippen LogP contribution in [-0.2, 0) is 0 Å². The van der Waals surface area contributed by atoms with Gasteiger partial charge in [-0.15, -0.1) is 13.2 Å². The largest absolute Gasteiger partial charge is 0.298 e. The first-order valence-electron chi connectivity index (χ1n) is 1.38. The Kier molecular flexibility index (Phi) is 12.3. The lowest BCUT2D eigenvalue weighted by molar-refractivity contribution is 0.400. The lowest BCUT2D eigenvalue weighted by atomic mass is 11.1. The van der Waals surface area contributed by atoms with Crippen molar-refractivity contribution >= 4 is 0 Å². The molecular weight excluding hydrogens is 105 g/mol. The molecule has 3 heteroatoms. The van der Waals surface area contributed by atoms with Gasteiger partial charge in [-0.25, -0.2) is 4.39 Å². The fourth-order valence-electron chi connectivity index (χ4n) is 0. The first-order valence-corrected chi connectivity index (χ1v) is 1.38. The average Bonchev–Trinajstić information content (AvgIpc) is 1.73. The van der Waals surface area contributed by atoms with Crippen molar-refractivity contribution in [2.24, 2.45) is 0 Å². The van der Waals surface area contributed by atoms with E-state index in [2.05, 4.69) is 13.2 Å². The molecule has 0 saturated carbocycles. The van der Waals surface area contributed by atoms with E-state index in [0.29, 0.717) is 0 Å². The molecule has 0 saturated heterocycles. The Bertz CT molecular complexity index is 54.0. The normalized spacial score (nSPS) is 5.57. The van der Waals surface area contributed by atoms with E-state index >= 15 is 0 Å². The van der Waals surface area contributed by atoms with E-state index in [0.717, 1.165) is 0 Å². The lowest BCUT2D eigenvalue weighted by Gasteiger charge is -1.59. The monoisotopic (exact) mass is 110 g/mol. The van der Waals surface area contributed by atoms with Gasteiger partial charge in [-0.1, -0.05) is 0 Å². The summed E-state index contributed by atoms with van der Waals surface area (Å²) in [7, 11) is 0. The maximum Gasteiger partial charge on any atom is 0.298 e. The van der Waals surface area contributed by atoms with Gasteiger partial charge in [-0.3, -0.25) is 0 Å². The van der Waals surface area contributed by atoms with E-state index < -0.39 is 12.4 Å². The molecule has 0 nitrogen and oxygen atoms in total. The molecule has 0 bridgehead atoms. The summed E-state index contributed by atoms with van der Waals surface area (Å²) in [5, 5.41) is 0. The number of hydrogen-bond acceptors (Lipinski definition) is 0. The first kappa shape index (κ1) is 9.55. The molecule has 0 spiro atoms. The van der Waals surface area contributed by atoms with Crippen molar-refractivity contribution < 1.29 is 13.2 Å². The SMILES string of the molecule is C=C.FC=C(F)F. The maximum absolute atomic E-state index is 10.2. The predicted octanol–water partition coefficient (Wildman–Crippen LogP) is 2.50. The third kappa shape index (κ3) is 34.9. The molecule has 42 valence electrons. The minimum Gasteiger partial charge on any atom is -0.210 e. The predicted molar refractivity (Wildman–Crippen MR) is 22.7 cm³/mol. The number of halogens is 3. The zero-order chi connectivity index (χ0) is 6.28. The van der Waals surface area contributed by atoms with E-state index in [9.17, 15) is 13.2 Å². The van der Waals surface area contributed by atoms with Gasteiger partial charge in [0.05, 0.1) is 0 Å². The van der Waals surface area contributed by atoms with Gasteiger partial charge in [-0.2, -0.15) is 8.78 Å². The zero-order valence-corrected chi connectivity index (χ0v) is 3.63. The summed E-state index contributed by atoms with van der Waals surface area (Å²) in [6.45, 7) is 6.00. The molecule has 0 aromatic carbocycles. The molecule has 0 radical (unpaired) electrons. The van der Waals surface area contributed by atoms with E-state index in [-0.39, 0.29) is 0 Å².